The Hall–Kier alpha value is -1.30. The van der Waals surface area contributed by atoms with Crippen molar-refractivity contribution in [1.82, 2.24) is 15.5 Å². The second-order valence-corrected chi connectivity index (χ2v) is 10.3. The summed E-state index contributed by atoms with van der Waals surface area (Å²) in [7, 11) is 0. The second kappa shape index (κ2) is 10.1. The van der Waals surface area contributed by atoms with Crippen LogP contribution in [0.15, 0.2) is 0 Å². The largest absolute Gasteiger partial charge is 0.444 e. The Labute approximate surface area is 176 Å². The molecule has 2 N–H and O–H groups in total. The molecular formula is C23H41N3O3. The lowest BCUT2D eigenvalue weighted by molar-refractivity contribution is -0.126. The van der Waals surface area contributed by atoms with Crippen molar-refractivity contribution < 1.29 is 14.3 Å². The Balaban J connectivity index is 1.34. The van der Waals surface area contributed by atoms with E-state index < -0.39 is 5.60 Å². The van der Waals surface area contributed by atoms with Gasteiger partial charge in [-0.05, 0) is 97.1 Å². The number of ether oxygens (including phenoxy) is 1. The van der Waals surface area contributed by atoms with Crippen molar-refractivity contribution >= 4 is 12.0 Å². The molecule has 6 heteroatoms. The molecule has 0 aromatic rings. The minimum absolute atomic E-state index is 0.138. The van der Waals surface area contributed by atoms with Crippen LogP contribution in [0.3, 0.4) is 0 Å². The van der Waals surface area contributed by atoms with Gasteiger partial charge in [0.05, 0.1) is 0 Å². The van der Waals surface area contributed by atoms with E-state index in [1.165, 1.54) is 45.2 Å². The van der Waals surface area contributed by atoms with Crippen LogP contribution in [0.5, 0.6) is 0 Å². The van der Waals surface area contributed by atoms with E-state index >= 15 is 0 Å². The summed E-state index contributed by atoms with van der Waals surface area (Å²) in [5.74, 6) is 1.46. The summed E-state index contributed by atoms with van der Waals surface area (Å²) in [5.41, 5.74) is -0.465. The Kier molecular flexibility index (Phi) is 7.83. The lowest BCUT2D eigenvalue weighted by Gasteiger charge is -2.44. The van der Waals surface area contributed by atoms with Gasteiger partial charge in [0.1, 0.15) is 5.60 Å². The van der Waals surface area contributed by atoms with Crippen molar-refractivity contribution in [1.29, 1.82) is 0 Å². The van der Waals surface area contributed by atoms with Crippen molar-refractivity contribution in [3.8, 4) is 0 Å². The Morgan fingerprint density at radius 3 is 2.34 bits per heavy atom. The van der Waals surface area contributed by atoms with E-state index in [9.17, 15) is 9.59 Å². The third-order valence-corrected chi connectivity index (χ3v) is 6.92. The number of hydrogen-bond donors (Lipinski definition) is 2. The van der Waals surface area contributed by atoms with E-state index in [0.717, 1.165) is 32.2 Å². The van der Waals surface area contributed by atoms with Crippen LogP contribution in [0.1, 0.15) is 78.6 Å². The smallest absolute Gasteiger partial charge is 0.407 e. The lowest BCUT2D eigenvalue weighted by Crippen LogP contribution is -2.51. The van der Waals surface area contributed by atoms with Crippen LogP contribution in [0, 0.1) is 17.8 Å². The SMILES string of the molecule is CC(C)(C)OC(=O)NCC1CCC(C(=O)NC[C@H]2CCCN3CCCC[C@@H]23)CC1. The van der Waals surface area contributed by atoms with Gasteiger partial charge in [0.25, 0.3) is 0 Å². The van der Waals surface area contributed by atoms with Gasteiger partial charge in [-0.15, -0.1) is 0 Å². The first-order chi connectivity index (χ1) is 13.8. The van der Waals surface area contributed by atoms with Crippen LogP contribution in [0.2, 0.25) is 0 Å². The normalized spacial score (nSPS) is 30.9. The fraction of sp³-hybridized carbons (Fsp3) is 0.913. The molecule has 6 nitrogen and oxygen atoms in total. The highest BCUT2D eigenvalue weighted by Crippen LogP contribution is 2.31. The van der Waals surface area contributed by atoms with Crippen molar-refractivity contribution in [2.24, 2.45) is 17.8 Å². The van der Waals surface area contributed by atoms with Gasteiger partial charge in [-0.25, -0.2) is 4.79 Å². The summed E-state index contributed by atoms with van der Waals surface area (Å²) in [6.45, 7) is 9.59. The van der Waals surface area contributed by atoms with E-state index in [2.05, 4.69) is 15.5 Å². The zero-order valence-corrected chi connectivity index (χ0v) is 18.7. The van der Waals surface area contributed by atoms with E-state index in [4.69, 9.17) is 4.74 Å². The Bertz CT molecular complexity index is 550. The number of rotatable bonds is 5. The quantitative estimate of drug-likeness (QED) is 0.729. The maximum Gasteiger partial charge on any atom is 0.407 e. The number of carbonyl (C=O) groups is 2. The summed E-state index contributed by atoms with van der Waals surface area (Å²) in [6, 6.07) is 0.687. The summed E-state index contributed by atoms with van der Waals surface area (Å²) in [6.07, 6.45) is 9.99. The first kappa shape index (κ1) is 22.4. The molecule has 166 valence electrons. The molecule has 2 heterocycles. The molecule has 0 aromatic carbocycles. The number of fused-ring (bicyclic) bond motifs is 1. The van der Waals surface area contributed by atoms with Crippen LogP contribution in [-0.2, 0) is 9.53 Å². The standard InChI is InChI=1S/C23H41N3O3/c1-23(2,3)29-22(28)25-15-17-9-11-18(12-10-17)21(27)24-16-19-7-6-14-26-13-5-4-8-20(19)26/h17-20H,4-16H2,1-3H3,(H,24,27)(H,25,28)/t17?,18?,19-,20+/m1/s1. The molecule has 2 saturated heterocycles. The number of carbonyl (C=O) groups excluding carboxylic acids is 2. The summed E-state index contributed by atoms with van der Waals surface area (Å²) in [4.78, 5) is 27.2. The average molecular weight is 408 g/mol. The highest BCUT2D eigenvalue weighted by atomic mass is 16.6. The highest BCUT2D eigenvalue weighted by Gasteiger charge is 2.34. The molecule has 2 atom stereocenters. The summed E-state index contributed by atoms with van der Waals surface area (Å²) < 4.78 is 5.30. The van der Waals surface area contributed by atoms with Crippen molar-refractivity contribution in [2.75, 3.05) is 26.2 Å². The van der Waals surface area contributed by atoms with Crippen LogP contribution >= 0.6 is 0 Å². The fourth-order valence-electron chi connectivity index (χ4n) is 5.36. The Morgan fingerprint density at radius 2 is 1.62 bits per heavy atom. The number of piperidine rings is 2. The van der Waals surface area contributed by atoms with E-state index in [1.807, 2.05) is 20.8 Å². The molecule has 3 aliphatic rings. The van der Waals surface area contributed by atoms with Gasteiger partial charge in [-0.1, -0.05) is 6.42 Å². The zero-order chi connectivity index (χ0) is 20.9. The van der Waals surface area contributed by atoms with Gasteiger partial charge in [0, 0.05) is 25.0 Å². The monoisotopic (exact) mass is 407 g/mol. The number of nitrogens with one attached hydrogen (secondary N) is 2. The predicted octanol–water partition coefficient (Wildman–Crippen LogP) is 3.70. The predicted molar refractivity (Wildman–Crippen MR) is 115 cm³/mol. The van der Waals surface area contributed by atoms with Gasteiger partial charge in [-0.2, -0.15) is 0 Å². The molecule has 0 aromatic heterocycles. The molecule has 2 aliphatic heterocycles. The summed E-state index contributed by atoms with van der Waals surface area (Å²) in [5, 5.41) is 6.17. The third-order valence-electron chi connectivity index (χ3n) is 6.92. The minimum atomic E-state index is -0.465. The maximum absolute atomic E-state index is 12.7. The molecule has 1 saturated carbocycles. The van der Waals surface area contributed by atoms with Gasteiger partial charge < -0.3 is 20.3 Å². The number of amides is 2. The van der Waals surface area contributed by atoms with Gasteiger partial charge >= 0.3 is 6.09 Å². The molecular weight excluding hydrogens is 366 g/mol. The number of hydrogen-bond acceptors (Lipinski definition) is 4. The Morgan fingerprint density at radius 1 is 0.897 bits per heavy atom. The minimum Gasteiger partial charge on any atom is -0.444 e. The molecule has 29 heavy (non-hydrogen) atoms. The molecule has 0 spiro atoms. The first-order valence-electron chi connectivity index (χ1n) is 11.8. The van der Waals surface area contributed by atoms with Crippen molar-refractivity contribution in [3.05, 3.63) is 0 Å². The summed E-state index contributed by atoms with van der Waals surface area (Å²) >= 11 is 0. The van der Waals surface area contributed by atoms with Gasteiger partial charge in [0.15, 0.2) is 0 Å². The molecule has 1 aliphatic carbocycles. The molecule has 3 rings (SSSR count). The fourth-order valence-corrected chi connectivity index (χ4v) is 5.36. The van der Waals surface area contributed by atoms with Crippen LogP contribution in [0.25, 0.3) is 0 Å². The molecule has 3 fully saturated rings. The van der Waals surface area contributed by atoms with E-state index in [-0.39, 0.29) is 17.9 Å². The molecule has 0 unspecified atom stereocenters. The van der Waals surface area contributed by atoms with Crippen molar-refractivity contribution in [2.45, 2.75) is 90.2 Å². The number of alkyl carbamates (subject to hydrolysis) is 1. The first-order valence-corrected chi connectivity index (χ1v) is 11.8. The van der Waals surface area contributed by atoms with E-state index in [0.29, 0.717) is 24.4 Å². The third kappa shape index (κ3) is 6.87. The average Bonchev–Trinajstić information content (AvgIpc) is 2.69. The second-order valence-electron chi connectivity index (χ2n) is 10.3. The van der Waals surface area contributed by atoms with Gasteiger partial charge in [0.2, 0.25) is 5.91 Å². The topological polar surface area (TPSA) is 70.7 Å². The van der Waals surface area contributed by atoms with E-state index in [1.54, 1.807) is 0 Å². The molecule has 0 radical (unpaired) electrons. The lowest BCUT2D eigenvalue weighted by atomic mass is 9.81. The number of nitrogens with zero attached hydrogens (tertiary/aromatic N) is 1. The van der Waals surface area contributed by atoms with Crippen molar-refractivity contribution in [3.63, 3.8) is 0 Å². The van der Waals surface area contributed by atoms with Crippen LogP contribution in [0.4, 0.5) is 4.79 Å². The highest BCUT2D eigenvalue weighted by molar-refractivity contribution is 5.78. The molecule has 0 bridgehead atoms. The zero-order valence-electron chi connectivity index (χ0n) is 18.7. The van der Waals surface area contributed by atoms with Crippen LogP contribution in [-0.4, -0.2) is 54.7 Å². The van der Waals surface area contributed by atoms with Gasteiger partial charge in [-0.3, -0.25) is 4.79 Å². The maximum atomic E-state index is 12.7. The molecule has 2 amide bonds. The van der Waals surface area contributed by atoms with Crippen LogP contribution < -0.4 is 10.6 Å².